The summed E-state index contributed by atoms with van der Waals surface area (Å²) in [4.78, 5) is 33.0. The van der Waals surface area contributed by atoms with Gasteiger partial charge in [0, 0.05) is 0 Å². The number of carbonyl (C=O) groups excluding carboxylic acids is 2. The Morgan fingerprint density at radius 2 is 2.06 bits per heavy atom. The second-order valence-electron chi connectivity index (χ2n) is 3.45. The average molecular weight is 232 g/mol. The molecule has 1 aromatic carbocycles. The van der Waals surface area contributed by atoms with Gasteiger partial charge in [-0.25, -0.2) is 9.59 Å². The summed E-state index contributed by atoms with van der Waals surface area (Å²) in [6, 6.07) is 4.73. The Balaban J connectivity index is 2.37. The number of benzene rings is 1. The molecule has 86 valence electrons. The molecule has 0 radical (unpaired) electrons. The lowest BCUT2D eigenvalue weighted by molar-refractivity contribution is -0.135. The number of carboxylic acids is 1. The fourth-order valence-corrected chi connectivity index (χ4v) is 1.58. The summed E-state index contributed by atoms with van der Waals surface area (Å²) in [5.41, 5.74) is 0.895. The third kappa shape index (κ3) is 2.08. The zero-order valence-corrected chi connectivity index (χ0v) is 8.67. The number of cyclic esters (lactones) is 2. The molecule has 1 N–H and O–H groups in total. The minimum absolute atomic E-state index is 0.146. The van der Waals surface area contributed by atoms with E-state index in [0.717, 1.165) is 0 Å². The standard InChI is InChI=1S/C12H8O5/c13-9(14)6-2-4-7-3-1-5-8-10(7)12(16)17-11(8)15/h1-5H,6H2,(H,13,14). The summed E-state index contributed by atoms with van der Waals surface area (Å²) in [5.74, 6) is -2.33. The highest BCUT2D eigenvalue weighted by Gasteiger charge is 2.31. The van der Waals surface area contributed by atoms with E-state index in [-0.39, 0.29) is 17.5 Å². The molecule has 0 bridgehead atoms. The van der Waals surface area contributed by atoms with Gasteiger partial charge in [0.15, 0.2) is 0 Å². The van der Waals surface area contributed by atoms with Gasteiger partial charge in [-0.3, -0.25) is 4.79 Å². The van der Waals surface area contributed by atoms with Crippen LogP contribution >= 0.6 is 0 Å². The van der Waals surface area contributed by atoms with Crippen LogP contribution in [0.5, 0.6) is 0 Å². The van der Waals surface area contributed by atoms with Crippen molar-refractivity contribution in [2.45, 2.75) is 6.42 Å². The van der Waals surface area contributed by atoms with Gasteiger partial charge in [-0.1, -0.05) is 24.3 Å². The van der Waals surface area contributed by atoms with E-state index >= 15 is 0 Å². The summed E-state index contributed by atoms with van der Waals surface area (Å²) in [5, 5.41) is 8.48. The number of carboxylic acid groups (broad SMARTS) is 1. The van der Waals surface area contributed by atoms with Crippen LogP contribution in [-0.4, -0.2) is 23.0 Å². The number of hydrogen-bond donors (Lipinski definition) is 1. The molecule has 0 amide bonds. The van der Waals surface area contributed by atoms with Crippen molar-refractivity contribution in [1.29, 1.82) is 0 Å². The zero-order chi connectivity index (χ0) is 12.4. The van der Waals surface area contributed by atoms with E-state index in [2.05, 4.69) is 4.74 Å². The second-order valence-corrected chi connectivity index (χ2v) is 3.45. The van der Waals surface area contributed by atoms with E-state index in [0.29, 0.717) is 5.56 Å². The van der Waals surface area contributed by atoms with Gasteiger partial charge in [0.2, 0.25) is 0 Å². The largest absolute Gasteiger partial charge is 0.481 e. The molecule has 0 saturated carbocycles. The van der Waals surface area contributed by atoms with E-state index in [1.165, 1.54) is 18.2 Å². The highest BCUT2D eigenvalue weighted by atomic mass is 16.6. The summed E-state index contributed by atoms with van der Waals surface area (Å²) in [7, 11) is 0. The van der Waals surface area contributed by atoms with Gasteiger partial charge in [-0.2, -0.15) is 0 Å². The first-order valence-electron chi connectivity index (χ1n) is 4.87. The van der Waals surface area contributed by atoms with Crippen molar-refractivity contribution in [3.05, 3.63) is 41.0 Å². The van der Waals surface area contributed by atoms with E-state index in [4.69, 9.17) is 5.11 Å². The Kier molecular flexibility index (Phi) is 2.74. The van der Waals surface area contributed by atoms with E-state index in [9.17, 15) is 14.4 Å². The number of carbonyl (C=O) groups is 3. The maximum Gasteiger partial charge on any atom is 0.347 e. The van der Waals surface area contributed by atoms with Gasteiger partial charge in [-0.15, -0.1) is 0 Å². The number of aliphatic carboxylic acids is 1. The normalized spacial score (nSPS) is 13.9. The molecule has 0 saturated heterocycles. The number of hydrogen-bond acceptors (Lipinski definition) is 4. The lowest BCUT2D eigenvalue weighted by Crippen LogP contribution is -1.98. The maximum absolute atomic E-state index is 11.4. The van der Waals surface area contributed by atoms with Crippen LogP contribution in [0.2, 0.25) is 0 Å². The van der Waals surface area contributed by atoms with Crippen molar-refractivity contribution in [3.8, 4) is 0 Å². The zero-order valence-electron chi connectivity index (χ0n) is 8.67. The molecule has 0 fully saturated rings. The molecule has 5 heteroatoms. The summed E-state index contributed by atoms with van der Waals surface area (Å²) < 4.78 is 4.47. The van der Waals surface area contributed by atoms with Crippen LogP contribution < -0.4 is 0 Å². The molecule has 5 nitrogen and oxygen atoms in total. The first-order chi connectivity index (χ1) is 8.09. The minimum atomic E-state index is -0.965. The minimum Gasteiger partial charge on any atom is -0.481 e. The van der Waals surface area contributed by atoms with Gasteiger partial charge in [-0.05, 0) is 11.6 Å². The monoisotopic (exact) mass is 232 g/mol. The van der Waals surface area contributed by atoms with Crippen molar-refractivity contribution in [3.63, 3.8) is 0 Å². The quantitative estimate of drug-likeness (QED) is 0.630. The van der Waals surface area contributed by atoms with Gasteiger partial charge >= 0.3 is 17.9 Å². The van der Waals surface area contributed by atoms with Crippen LogP contribution in [0.3, 0.4) is 0 Å². The summed E-state index contributed by atoms with van der Waals surface area (Å²) >= 11 is 0. The van der Waals surface area contributed by atoms with Crippen molar-refractivity contribution in [1.82, 2.24) is 0 Å². The topological polar surface area (TPSA) is 80.7 Å². The molecule has 0 spiro atoms. The van der Waals surface area contributed by atoms with Crippen molar-refractivity contribution in [2.24, 2.45) is 0 Å². The smallest absolute Gasteiger partial charge is 0.347 e. The number of esters is 2. The lowest BCUT2D eigenvalue weighted by Gasteiger charge is -1.97. The van der Waals surface area contributed by atoms with Gasteiger partial charge in [0.1, 0.15) is 0 Å². The molecule has 0 aliphatic carbocycles. The molecule has 0 aromatic heterocycles. The SMILES string of the molecule is O=C(O)CC=Cc1cccc2c1C(=O)OC2=O. The Hall–Kier alpha value is -2.43. The first-order valence-corrected chi connectivity index (χ1v) is 4.87. The van der Waals surface area contributed by atoms with Crippen LogP contribution in [0.4, 0.5) is 0 Å². The molecule has 2 rings (SSSR count). The highest BCUT2D eigenvalue weighted by Crippen LogP contribution is 2.24. The van der Waals surface area contributed by atoms with Gasteiger partial charge < -0.3 is 9.84 Å². The molecule has 0 unspecified atom stereocenters. The Morgan fingerprint density at radius 1 is 1.29 bits per heavy atom. The predicted octanol–water partition coefficient (Wildman–Crippen LogP) is 1.49. The first kappa shape index (κ1) is 11.1. The molecule has 1 aliphatic heterocycles. The average Bonchev–Trinajstić information content (AvgIpc) is 2.55. The Morgan fingerprint density at radius 3 is 2.76 bits per heavy atom. The molecule has 1 heterocycles. The van der Waals surface area contributed by atoms with Gasteiger partial charge in [0.05, 0.1) is 17.5 Å². The second kappa shape index (κ2) is 4.21. The van der Waals surface area contributed by atoms with E-state index in [1.807, 2.05) is 0 Å². The molecule has 0 atom stereocenters. The third-order valence-corrected chi connectivity index (χ3v) is 2.30. The molecular formula is C12H8O5. The lowest BCUT2D eigenvalue weighted by atomic mass is 10.0. The fraction of sp³-hybridized carbons (Fsp3) is 0.0833. The number of rotatable bonds is 3. The Labute approximate surface area is 96.3 Å². The molecule has 17 heavy (non-hydrogen) atoms. The van der Waals surface area contributed by atoms with Crippen molar-refractivity contribution in [2.75, 3.05) is 0 Å². The van der Waals surface area contributed by atoms with Crippen LogP contribution in [0.25, 0.3) is 6.08 Å². The summed E-state index contributed by atoms with van der Waals surface area (Å²) in [6.45, 7) is 0. The number of fused-ring (bicyclic) bond motifs is 1. The Bertz CT molecular complexity index is 542. The van der Waals surface area contributed by atoms with Gasteiger partial charge in [0.25, 0.3) is 0 Å². The van der Waals surface area contributed by atoms with Crippen LogP contribution in [0, 0.1) is 0 Å². The molecule has 1 aromatic rings. The van der Waals surface area contributed by atoms with Crippen molar-refractivity contribution < 1.29 is 24.2 Å². The third-order valence-electron chi connectivity index (χ3n) is 2.30. The van der Waals surface area contributed by atoms with E-state index in [1.54, 1.807) is 12.1 Å². The molecule has 1 aliphatic rings. The fourth-order valence-electron chi connectivity index (χ4n) is 1.58. The van der Waals surface area contributed by atoms with E-state index < -0.39 is 17.9 Å². The summed E-state index contributed by atoms with van der Waals surface area (Å²) in [6.07, 6.45) is 2.76. The number of ether oxygens (including phenoxy) is 1. The highest BCUT2D eigenvalue weighted by molar-refractivity contribution is 6.16. The van der Waals surface area contributed by atoms with Crippen LogP contribution in [0.15, 0.2) is 24.3 Å². The van der Waals surface area contributed by atoms with Crippen molar-refractivity contribution >= 4 is 24.0 Å². The maximum atomic E-state index is 11.4. The molecular weight excluding hydrogens is 224 g/mol. The van der Waals surface area contributed by atoms with Crippen LogP contribution in [-0.2, 0) is 9.53 Å². The van der Waals surface area contributed by atoms with Crippen LogP contribution in [0.1, 0.15) is 32.7 Å². The predicted molar refractivity (Wildman–Crippen MR) is 57.5 cm³/mol.